The molecule has 1 atom stereocenters. The van der Waals surface area contributed by atoms with E-state index in [1.165, 1.54) is 0 Å². The molecule has 2 aromatic rings. The van der Waals surface area contributed by atoms with Crippen LogP contribution >= 0.6 is 0 Å². The molecule has 0 amide bonds. The average Bonchev–Trinajstić information content (AvgIpc) is 3.04. The standard InChI is InChI=1S/C18H17N3O3/c19-10-13(17-20-14-8-4-5-9-15(14)21-17)16(22)11-24-18(23)12-6-2-1-3-7-12/h1-2,4-5,8-9,12,22H,3,6-7,11H2,(H,20,21)/b16-13-/t12-/m0/s1. The highest BCUT2D eigenvalue weighted by Crippen LogP contribution is 2.21. The first kappa shape index (κ1) is 15.8. The number of imidazole rings is 1. The molecule has 122 valence electrons. The minimum atomic E-state index is -0.354. The molecule has 1 aromatic carbocycles. The number of hydrogen-bond donors (Lipinski definition) is 2. The van der Waals surface area contributed by atoms with Gasteiger partial charge in [-0.3, -0.25) is 4.79 Å². The maximum absolute atomic E-state index is 12.0. The van der Waals surface area contributed by atoms with E-state index in [0.717, 1.165) is 18.4 Å². The zero-order valence-electron chi connectivity index (χ0n) is 13.0. The van der Waals surface area contributed by atoms with Gasteiger partial charge in [0.05, 0.1) is 17.0 Å². The van der Waals surface area contributed by atoms with Gasteiger partial charge in [0.2, 0.25) is 0 Å². The number of rotatable bonds is 4. The van der Waals surface area contributed by atoms with Crippen LogP contribution in [0.5, 0.6) is 0 Å². The molecule has 0 saturated carbocycles. The number of aromatic amines is 1. The fourth-order valence-corrected chi connectivity index (χ4v) is 2.66. The number of nitriles is 1. The summed E-state index contributed by atoms with van der Waals surface area (Å²) in [5.41, 5.74) is 1.43. The number of carbonyl (C=O) groups is 1. The molecule has 1 aliphatic carbocycles. The molecule has 6 nitrogen and oxygen atoms in total. The van der Waals surface area contributed by atoms with Crippen molar-refractivity contribution in [2.45, 2.75) is 19.3 Å². The molecule has 2 N–H and O–H groups in total. The molecule has 3 rings (SSSR count). The Morgan fingerprint density at radius 3 is 2.96 bits per heavy atom. The number of hydrogen-bond acceptors (Lipinski definition) is 5. The van der Waals surface area contributed by atoms with Gasteiger partial charge >= 0.3 is 5.97 Å². The molecule has 24 heavy (non-hydrogen) atoms. The number of aromatic nitrogens is 2. The minimum absolute atomic E-state index is 0.0254. The maximum atomic E-state index is 12.0. The Bertz CT molecular complexity index is 825. The van der Waals surface area contributed by atoms with E-state index >= 15 is 0 Å². The number of para-hydroxylation sites is 2. The van der Waals surface area contributed by atoms with Crippen LogP contribution in [-0.2, 0) is 9.53 Å². The number of aliphatic hydroxyl groups is 1. The smallest absolute Gasteiger partial charge is 0.309 e. The first-order valence-electron chi connectivity index (χ1n) is 7.78. The van der Waals surface area contributed by atoms with E-state index in [4.69, 9.17) is 4.74 Å². The summed E-state index contributed by atoms with van der Waals surface area (Å²) in [5.74, 6) is -0.587. The molecule has 1 aromatic heterocycles. The van der Waals surface area contributed by atoms with Crippen LogP contribution in [0.1, 0.15) is 25.1 Å². The molecule has 1 heterocycles. The lowest BCUT2D eigenvalue weighted by atomic mass is 9.95. The van der Waals surface area contributed by atoms with Gasteiger partial charge in [-0.2, -0.15) is 5.26 Å². The lowest BCUT2D eigenvalue weighted by molar-refractivity contribution is -0.148. The van der Waals surface area contributed by atoms with Gasteiger partial charge in [0, 0.05) is 0 Å². The van der Waals surface area contributed by atoms with E-state index in [0.29, 0.717) is 11.9 Å². The van der Waals surface area contributed by atoms with E-state index in [9.17, 15) is 15.2 Å². The van der Waals surface area contributed by atoms with Crippen molar-refractivity contribution >= 4 is 22.6 Å². The number of nitrogens with zero attached hydrogens (tertiary/aromatic N) is 2. The zero-order chi connectivity index (χ0) is 16.9. The summed E-state index contributed by atoms with van der Waals surface area (Å²) in [6.45, 7) is -0.334. The van der Waals surface area contributed by atoms with Gasteiger partial charge in [0.1, 0.15) is 18.2 Å². The Hall–Kier alpha value is -3.07. The highest BCUT2D eigenvalue weighted by Gasteiger charge is 2.21. The van der Waals surface area contributed by atoms with Crippen molar-refractivity contribution in [3.8, 4) is 6.07 Å². The van der Waals surface area contributed by atoms with Gasteiger partial charge in [0.15, 0.2) is 11.6 Å². The number of aliphatic hydroxyl groups excluding tert-OH is 1. The SMILES string of the molecule is N#C/C(=C(/O)COC(=O)[C@H]1CC=CCC1)c1nc2ccccc2[nH]1. The van der Waals surface area contributed by atoms with Crippen molar-refractivity contribution in [3.05, 3.63) is 48.0 Å². The molecule has 0 bridgehead atoms. The number of carbonyl (C=O) groups excluding carboxylic acids is 1. The molecule has 0 spiro atoms. The first-order valence-corrected chi connectivity index (χ1v) is 7.78. The zero-order valence-corrected chi connectivity index (χ0v) is 13.0. The Kier molecular flexibility index (Phi) is 4.62. The number of fused-ring (bicyclic) bond motifs is 1. The second-order valence-electron chi connectivity index (χ2n) is 5.63. The van der Waals surface area contributed by atoms with Crippen LogP contribution in [0.15, 0.2) is 42.2 Å². The monoisotopic (exact) mass is 323 g/mol. The highest BCUT2D eigenvalue weighted by atomic mass is 16.5. The number of esters is 1. The Morgan fingerprint density at radius 2 is 2.25 bits per heavy atom. The van der Waals surface area contributed by atoms with Crippen LogP contribution in [0.25, 0.3) is 16.6 Å². The third-order valence-corrected chi connectivity index (χ3v) is 3.98. The number of H-pyrrole nitrogens is 1. The predicted octanol–water partition coefficient (Wildman–Crippen LogP) is 3.26. The molecular formula is C18H17N3O3. The summed E-state index contributed by atoms with van der Waals surface area (Å²) in [6.07, 6.45) is 6.24. The highest BCUT2D eigenvalue weighted by molar-refractivity contribution is 5.83. The summed E-state index contributed by atoms with van der Waals surface area (Å²) in [7, 11) is 0. The molecular weight excluding hydrogens is 306 g/mol. The summed E-state index contributed by atoms with van der Waals surface area (Å²) in [5, 5.41) is 19.5. The summed E-state index contributed by atoms with van der Waals surface area (Å²) >= 11 is 0. The molecule has 0 unspecified atom stereocenters. The van der Waals surface area contributed by atoms with Gasteiger partial charge in [-0.05, 0) is 31.4 Å². The van der Waals surface area contributed by atoms with Crippen LogP contribution < -0.4 is 0 Å². The van der Waals surface area contributed by atoms with Crippen LogP contribution in [0.4, 0.5) is 0 Å². The molecule has 0 radical (unpaired) electrons. The average molecular weight is 323 g/mol. The number of nitrogens with one attached hydrogen (secondary N) is 1. The van der Waals surface area contributed by atoms with Crippen molar-refractivity contribution in [2.75, 3.05) is 6.61 Å². The molecule has 1 aliphatic rings. The van der Waals surface area contributed by atoms with Crippen molar-refractivity contribution in [1.29, 1.82) is 5.26 Å². The van der Waals surface area contributed by atoms with Gasteiger partial charge < -0.3 is 14.8 Å². The van der Waals surface area contributed by atoms with E-state index in [1.807, 2.05) is 36.4 Å². The summed E-state index contributed by atoms with van der Waals surface area (Å²) in [4.78, 5) is 19.2. The second-order valence-corrected chi connectivity index (χ2v) is 5.63. The maximum Gasteiger partial charge on any atom is 0.309 e. The third-order valence-electron chi connectivity index (χ3n) is 3.98. The molecule has 0 aliphatic heterocycles. The van der Waals surface area contributed by atoms with Crippen molar-refractivity contribution in [3.63, 3.8) is 0 Å². The Balaban J connectivity index is 1.74. The van der Waals surface area contributed by atoms with Crippen LogP contribution in [0, 0.1) is 17.2 Å². The number of benzene rings is 1. The van der Waals surface area contributed by atoms with E-state index in [2.05, 4.69) is 9.97 Å². The topological polar surface area (TPSA) is 99.0 Å². The second kappa shape index (κ2) is 7.01. The van der Waals surface area contributed by atoms with Crippen molar-refractivity contribution in [2.24, 2.45) is 5.92 Å². The number of allylic oxidation sites excluding steroid dienone is 3. The van der Waals surface area contributed by atoms with Gasteiger partial charge in [0.25, 0.3) is 0 Å². The first-order chi connectivity index (χ1) is 11.7. The Morgan fingerprint density at radius 1 is 1.42 bits per heavy atom. The van der Waals surface area contributed by atoms with Gasteiger partial charge in [-0.15, -0.1) is 0 Å². The largest absolute Gasteiger partial charge is 0.507 e. The van der Waals surface area contributed by atoms with Crippen LogP contribution in [0.2, 0.25) is 0 Å². The molecule has 0 saturated heterocycles. The lowest BCUT2D eigenvalue weighted by Gasteiger charge is -2.16. The predicted molar refractivity (Wildman–Crippen MR) is 88.7 cm³/mol. The molecule has 6 heteroatoms. The summed E-state index contributed by atoms with van der Waals surface area (Å²) in [6, 6.07) is 9.23. The van der Waals surface area contributed by atoms with Crippen molar-refractivity contribution in [1.82, 2.24) is 9.97 Å². The fraction of sp³-hybridized carbons (Fsp3) is 0.278. The molecule has 0 fully saturated rings. The van der Waals surface area contributed by atoms with E-state index in [-0.39, 0.29) is 35.7 Å². The van der Waals surface area contributed by atoms with Crippen molar-refractivity contribution < 1.29 is 14.6 Å². The fourth-order valence-electron chi connectivity index (χ4n) is 2.66. The summed E-state index contributed by atoms with van der Waals surface area (Å²) < 4.78 is 5.15. The quantitative estimate of drug-likeness (QED) is 0.389. The normalized spacial score (nSPS) is 18.0. The van der Waals surface area contributed by atoms with Crippen LogP contribution in [0.3, 0.4) is 0 Å². The van der Waals surface area contributed by atoms with Gasteiger partial charge in [-0.1, -0.05) is 24.3 Å². The lowest BCUT2D eigenvalue weighted by Crippen LogP contribution is -2.20. The number of ether oxygens (including phenoxy) is 1. The van der Waals surface area contributed by atoms with Crippen LogP contribution in [-0.4, -0.2) is 27.7 Å². The van der Waals surface area contributed by atoms with E-state index in [1.54, 1.807) is 6.07 Å². The third kappa shape index (κ3) is 3.30. The van der Waals surface area contributed by atoms with E-state index < -0.39 is 0 Å². The Labute approximate surface area is 139 Å². The minimum Gasteiger partial charge on any atom is -0.507 e. The van der Waals surface area contributed by atoms with Gasteiger partial charge in [-0.25, -0.2) is 4.98 Å².